The van der Waals surface area contributed by atoms with Crippen LogP contribution in [0.1, 0.15) is 28.9 Å². The van der Waals surface area contributed by atoms with Crippen molar-refractivity contribution < 1.29 is 9.53 Å². The van der Waals surface area contributed by atoms with Crippen molar-refractivity contribution in [2.24, 2.45) is 0 Å². The van der Waals surface area contributed by atoms with Crippen molar-refractivity contribution in [3.63, 3.8) is 0 Å². The molecule has 2 aromatic rings. The van der Waals surface area contributed by atoms with Gasteiger partial charge in [0.25, 0.3) is 5.91 Å². The Morgan fingerprint density at radius 1 is 1.35 bits per heavy atom. The molecule has 1 aromatic carbocycles. The van der Waals surface area contributed by atoms with Gasteiger partial charge >= 0.3 is 0 Å². The number of nitriles is 1. The first-order valence-electron chi connectivity index (χ1n) is 7.57. The Morgan fingerprint density at radius 3 is 2.70 bits per heavy atom. The molecular formula is C17H18N4O2. The van der Waals surface area contributed by atoms with Gasteiger partial charge in [-0.1, -0.05) is 18.2 Å². The summed E-state index contributed by atoms with van der Waals surface area (Å²) in [7, 11) is 0. The van der Waals surface area contributed by atoms with Crippen molar-refractivity contribution >= 4 is 5.91 Å². The molecule has 3 rings (SSSR count). The lowest BCUT2D eigenvalue weighted by molar-refractivity contribution is 0.0531. The molecule has 23 heavy (non-hydrogen) atoms. The lowest BCUT2D eigenvalue weighted by Crippen LogP contribution is -2.51. The van der Waals surface area contributed by atoms with E-state index in [1.54, 1.807) is 10.9 Å². The predicted octanol–water partition coefficient (Wildman–Crippen LogP) is 1.98. The largest absolute Gasteiger partial charge is 0.381 e. The molecule has 0 bridgehead atoms. The lowest BCUT2D eigenvalue weighted by atomic mass is 9.91. The van der Waals surface area contributed by atoms with E-state index < -0.39 is 5.54 Å². The van der Waals surface area contributed by atoms with Crippen molar-refractivity contribution in [1.82, 2.24) is 15.1 Å². The van der Waals surface area contributed by atoms with E-state index in [0.29, 0.717) is 31.6 Å². The number of amides is 1. The summed E-state index contributed by atoms with van der Waals surface area (Å²) in [6, 6.07) is 11.9. The maximum atomic E-state index is 12.6. The topological polar surface area (TPSA) is 79.9 Å². The summed E-state index contributed by atoms with van der Waals surface area (Å²) in [4.78, 5) is 12.6. The maximum Gasteiger partial charge on any atom is 0.256 e. The third kappa shape index (κ3) is 2.96. The van der Waals surface area contributed by atoms with Crippen LogP contribution in [0, 0.1) is 18.3 Å². The molecule has 2 heterocycles. The van der Waals surface area contributed by atoms with Crippen molar-refractivity contribution in [3.8, 4) is 11.8 Å². The predicted molar refractivity (Wildman–Crippen MR) is 84.2 cm³/mol. The summed E-state index contributed by atoms with van der Waals surface area (Å²) in [5, 5.41) is 16.6. The van der Waals surface area contributed by atoms with Gasteiger partial charge in [-0.25, -0.2) is 4.68 Å². The van der Waals surface area contributed by atoms with Gasteiger partial charge in [-0.15, -0.1) is 0 Å². The number of para-hydroxylation sites is 1. The number of carbonyl (C=O) groups is 1. The molecule has 6 nitrogen and oxygen atoms in total. The van der Waals surface area contributed by atoms with Gasteiger partial charge in [0.1, 0.15) is 5.54 Å². The summed E-state index contributed by atoms with van der Waals surface area (Å²) in [6.45, 7) is 2.81. The van der Waals surface area contributed by atoms with Crippen molar-refractivity contribution in [3.05, 3.63) is 47.8 Å². The second kappa shape index (κ2) is 6.23. The van der Waals surface area contributed by atoms with Crippen LogP contribution in [0.2, 0.25) is 0 Å². The minimum atomic E-state index is -0.851. The first-order chi connectivity index (χ1) is 11.2. The normalized spacial score (nSPS) is 16.5. The van der Waals surface area contributed by atoms with Crippen LogP contribution in [0.3, 0.4) is 0 Å². The van der Waals surface area contributed by atoms with Crippen molar-refractivity contribution in [1.29, 1.82) is 5.26 Å². The molecule has 1 aromatic heterocycles. The monoisotopic (exact) mass is 310 g/mol. The highest BCUT2D eigenvalue weighted by Gasteiger charge is 2.35. The van der Waals surface area contributed by atoms with Gasteiger partial charge in [-0.2, -0.15) is 10.4 Å². The zero-order chi connectivity index (χ0) is 16.3. The average Bonchev–Trinajstić information content (AvgIpc) is 2.98. The summed E-state index contributed by atoms with van der Waals surface area (Å²) in [5.74, 6) is -0.270. The summed E-state index contributed by atoms with van der Waals surface area (Å²) in [6.07, 6.45) is 2.55. The molecule has 0 saturated carbocycles. The molecule has 6 heteroatoms. The molecular weight excluding hydrogens is 292 g/mol. The van der Waals surface area contributed by atoms with Crippen LogP contribution in [0.25, 0.3) is 5.69 Å². The molecule has 0 radical (unpaired) electrons. The number of benzene rings is 1. The Bertz CT molecular complexity index is 740. The molecule has 1 amide bonds. The Balaban J connectivity index is 1.84. The van der Waals surface area contributed by atoms with Gasteiger partial charge in [0.15, 0.2) is 0 Å². The van der Waals surface area contributed by atoms with E-state index in [-0.39, 0.29) is 5.91 Å². The molecule has 0 aliphatic carbocycles. The Labute approximate surface area is 134 Å². The van der Waals surface area contributed by atoms with Gasteiger partial charge < -0.3 is 10.1 Å². The summed E-state index contributed by atoms with van der Waals surface area (Å²) in [5.41, 5.74) is 1.27. The SMILES string of the molecule is Cc1c(C(=O)NC2(C#N)CCOCC2)cnn1-c1ccccc1. The first-order valence-corrected chi connectivity index (χ1v) is 7.57. The average molecular weight is 310 g/mol. The van der Waals surface area contributed by atoms with Crippen LogP contribution in [-0.2, 0) is 4.74 Å². The number of hydrogen-bond donors (Lipinski definition) is 1. The van der Waals surface area contributed by atoms with Gasteiger partial charge in [0, 0.05) is 26.1 Å². The number of carbonyl (C=O) groups excluding carboxylic acids is 1. The van der Waals surface area contributed by atoms with Crippen molar-refractivity contribution in [2.75, 3.05) is 13.2 Å². The van der Waals surface area contributed by atoms with Crippen LogP contribution < -0.4 is 5.32 Å². The van der Waals surface area contributed by atoms with E-state index >= 15 is 0 Å². The highest BCUT2D eigenvalue weighted by molar-refractivity contribution is 5.96. The molecule has 1 fully saturated rings. The standard InChI is InChI=1S/C17H18N4O2/c1-13-15(11-19-21(13)14-5-3-2-4-6-14)16(22)20-17(12-18)7-9-23-10-8-17/h2-6,11H,7-10H2,1H3,(H,20,22). The van der Waals surface area contributed by atoms with Gasteiger partial charge in [0.2, 0.25) is 0 Å². The summed E-state index contributed by atoms with van der Waals surface area (Å²) >= 11 is 0. The van der Waals surface area contributed by atoms with E-state index in [0.717, 1.165) is 11.4 Å². The Kier molecular flexibility index (Phi) is 4.13. The van der Waals surface area contributed by atoms with E-state index in [9.17, 15) is 10.1 Å². The first kappa shape index (κ1) is 15.3. The molecule has 0 atom stereocenters. The molecule has 1 saturated heterocycles. The van der Waals surface area contributed by atoms with Crippen LogP contribution in [0.15, 0.2) is 36.5 Å². The van der Waals surface area contributed by atoms with Crippen LogP contribution in [0.4, 0.5) is 0 Å². The minimum absolute atomic E-state index is 0.270. The van der Waals surface area contributed by atoms with Gasteiger partial charge in [0.05, 0.1) is 29.2 Å². The second-order valence-corrected chi connectivity index (χ2v) is 5.65. The van der Waals surface area contributed by atoms with E-state index in [4.69, 9.17) is 4.74 Å². The molecule has 1 aliphatic rings. The fraction of sp³-hybridized carbons (Fsp3) is 0.353. The third-order valence-corrected chi connectivity index (χ3v) is 4.17. The highest BCUT2D eigenvalue weighted by Crippen LogP contribution is 2.21. The Morgan fingerprint density at radius 2 is 2.04 bits per heavy atom. The zero-order valence-electron chi connectivity index (χ0n) is 13.0. The van der Waals surface area contributed by atoms with E-state index in [1.807, 2.05) is 37.3 Å². The fourth-order valence-corrected chi connectivity index (χ4v) is 2.73. The number of rotatable bonds is 3. The summed E-state index contributed by atoms with van der Waals surface area (Å²) < 4.78 is 7.00. The molecule has 118 valence electrons. The molecule has 1 aliphatic heterocycles. The minimum Gasteiger partial charge on any atom is -0.381 e. The second-order valence-electron chi connectivity index (χ2n) is 5.65. The van der Waals surface area contributed by atoms with Crippen LogP contribution >= 0.6 is 0 Å². The van der Waals surface area contributed by atoms with E-state index in [1.165, 1.54) is 0 Å². The maximum absolute atomic E-state index is 12.6. The molecule has 0 unspecified atom stereocenters. The highest BCUT2D eigenvalue weighted by atomic mass is 16.5. The van der Waals surface area contributed by atoms with Gasteiger partial charge in [-0.05, 0) is 19.1 Å². The lowest BCUT2D eigenvalue weighted by Gasteiger charge is -2.31. The van der Waals surface area contributed by atoms with Gasteiger partial charge in [-0.3, -0.25) is 4.79 Å². The number of ether oxygens (including phenoxy) is 1. The molecule has 0 spiro atoms. The smallest absolute Gasteiger partial charge is 0.256 e. The number of hydrogen-bond acceptors (Lipinski definition) is 4. The number of nitrogens with zero attached hydrogens (tertiary/aromatic N) is 3. The number of aromatic nitrogens is 2. The fourth-order valence-electron chi connectivity index (χ4n) is 2.73. The van der Waals surface area contributed by atoms with Crippen LogP contribution in [-0.4, -0.2) is 34.4 Å². The van der Waals surface area contributed by atoms with Crippen molar-refractivity contribution in [2.45, 2.75) is 25.3 Å². The zero-order valence-corrected chi connectivity index (χ0v) is 13.0. The quantitative estimate of drug-likeness (QED) is 0.940. The van der Waals surface area contributed by atoms with Crippen LogP contribution in [0.5, 0.6) is 0 Å². The molecule has 1 N–H and O–H groups in total. The van der Waals surface area contributed by atoms with E-state index in [2.05, 4.69) is 16.5 Å². The Hall–Kier alpha value is -2.65. The number of nitrogens with one attached hydrogen (secondary N) is 1. The third-order valence-electron chi connectivity index (χ3n) is 4.17.